The van der Waals surface area contributed by atoms with E-state index in [4.69, 9.17) is 0 Å². The zero-order valence-electron chi connectivity index (χ0n) is 11.9. The summed E-state index contributed by atoms with van der Waals surface area (Å²) in [4.78, 5) is 0. The molecule has 0 saturated heterocycles. The molecule has 0 radical (unpaired) electrons. The highest BCUT2D eigenvalue weighted by Crippen LogP contribution is 2.30. The van der Waals surface area contributed by atoms with E-state index < -0.39 is 0 Å². The molecule has 0 aromatic carbocycles. The number of hydrogen-bond donors (Lipinski definition) is 1. The van der Waals surface area contributed by atoms with Crippen molar-refractivity contribution in [2.24, 2.45) is 11.8 Å². The lowest BCUT2D eigenvalue weighted by molar-refractivity contribution is 0.226. The van der Waals surface area contributed by atoms with Gasteiger partial charge in [-0.25, -0.2) is 0 Å². The van der Waals surface area contributed by atoms with Gasteiger partial charge in [0.15, 0.2) is 0 Å². The Labute approximate surface area is 108 Å². The molecule has 2 aliphatic rings. The van der Waals surface area contributed by atoms with Crippen LogP contribution in [0.2, 0.25) is 0 Å². The minimum absolute atomic E-state index is 0.839. The van der Waals surface area contributed by atoms with Crippen LogP contribution in [0.25, 0.3) is 0 Å². The van der Waals surface area contributed by atoms with Gasteiger partial charge in [0, 0.05) is 12.1 Å². The van der Waals surface area contributed by atoms with Crippen LogP contribution < -0.4 is 5.32 Å². The van der Waals surface area contributed by atoms with Gasteiger partial charge < -0.3 is 5.32 Å². The average molecular weight is 237 g/mol. The molecule has 0 bridgehead atoms. The molecular formula is C16H31N. The van der Waals surface area contributed by atoms with Crippen LogP contribution in [0.1, 0.15) is 78.1 Å². The molecule has 0 aromatic rings. The summed E-state index contributed by atoms with van der Waals surface area (Å²) in [6, 6.07) is 1.69. The molecule has 1 heteroatoms. The summed E-state index contributed by atoms with van der Waals surface area (Å²) in [5.74, 6) is 2.00. The van der Waals surface area contributed by atoms with Crippen molar-refractivity contribution in [1.29, 1.82) is 0 Å². The average Bonchev–Trinajstić information content (AvgIpc) is 2.32. The molecule has 0 spiro atoms. The molecule has 2 unspecified atom stereocenters. The number of hydrogen-bond acceptors (Lipinski definition) is 1. The van der Waals surface area contributed by atoms with Crippen LogP contribution >= 0.6 is 0 Å². The number of rotatable bonds is 4. The van der Waals surface area contributed by atoms with Gasteiger partial charge in [0.05, 0.1) is 0 Å². The minimum Gasteiger partial charge on any atom is -0.311 e. The van der Waals surface area contributed by atoms with Crippen LogP contribution in [0, 0.1) is 11.8 Å². The topological polar surface area (TPSA) is 12.0 Å². The molecule has 1 nitrogen and oxygen atoms in total. The van der Waals surface area contributed by atoms with E-state index in [2.05, 4.69) is 19.2 Å². The van der Waals surface area contributed by atoms with Gasteiger partial charge in [-0.15, -0.1) is 0 Å². The maximum Gasteiger partial charge on any atom is 0.00721 e. The van der Waals surface area contributed by atoms with Gasteiger partial charge in [0.1, 0.15) is 0 Å². The van der Waals surface area contributed by atoms with Crippen LogP contribution in [0.4, 0.5) is 0 Å². The Balaban J connectivity index is 1.67. The van der Waals surface area contributed by atoms with Crippen LogP contribution in [0.15, 0.2) is 0 Å². The van der Waals surface area contributed by atoms with Crippen molar-refractivity contribution >= 4 is 0 Å². The third-order valence-corrected chi connectivity index (χ3v) is 4.95. The second-order valence-electron chi connectivity index (χ2n) is 6.64. The summed E-state index contributed by atoms with van der Waals surface area (Å²) in [6.07, 6.45) is 14.4. The normalized spacial score (nSPS) is 39.2. The fourth-order valence-electron chi connectivity index (χ4n) is 3.94. The Bertz CT molecular complexity index is 206. The van der Waals surface area contributed by atoms with Crippen LogP contribution in [0.3, 0.4) is 0 Å². The molecular weight excluding hydrogens is 206 g/mol. The maximum absolute atomic E-state index is 3.95. The Morgan fingerprint density at radius 2 is 1.71 bits per heavy atom. The zero-order valence-corrected chi connectivity index (χ0v) is 11.9. The first-order valence-electron chi connectivity index (χ1n) is 8.04. The molecule has 0 aromatic heterocycles. The highest BCUT2D eigenvalue weighted by molar-refractivity contribution is 4.83. The third-order valence-electron chi connectivity index (χ3n) is 4.95. The van der Waals surface area contributed by atoms with Gasteiger partial charge in [-0.3, -0.25) is 0 Å². The predicted molar refractivity (Wildman–Crippen MR) is 75.2 cm³/mol. The first kappa shape index (κ1) is 13.4. The zero-order chi connectivity index (χ0) is 12.1. The molecule has 100 valence electrons. The molecule has 2 atom stereocenters. The van der Waals surface area contributed by atoms with Crippen molar-refractivity contribution in [3.8, 4) is 0 Å². The molecule has 17 heavy (non-hydrogen) atoms. The second kappa shape index (κ2) is 6.78. The SMILES string of the molecule is CCCC1CCC(NC2CCCC(C)C2)CC1. The molecule has 2 saturated carbocycles. The van der Waals surface area contributed by atoms with Crippen molar-refractivity contribution in [1.82, 2.24) is 5.32 Å². The quantitative estimate of drug-likeness (QED) is 0.758. The maximum atomic E-state index is 3.95. The molecule has 0 heterocycles. The van der Waals surface area contributed by atoms with Gasteiger partial charge in [0.25, 0.3) is 0 Å². The third kappa shape index (κ3) is 4.28. The van der Waals surface area contributed by atoms with Crippen LogP contribution in [0.5, 0.6) is 0 Å². The summed E-state index contributed by atoms with van der Waals surface area (Å²) >= 11 is 0. The first-order chi connectivity index (χ1) is 8.28. The largest absolute Gasteiger partial charge is 0.311 e. The van der Waals surface area contributed by atoms with E-state index in [1.54, 1.807) is 0 Å². The van der Waals surface area contributed by atoms with Crippen molar-refractivity contribution in [3.63, 3.8) is 0 Å². The van der Waals surface area contributed by atoms with Crippen molar-refractivity contribution < 1.29 is 0 Å². The molecule has 0 aliphatic heterocycles. The molecule has 0 amide bonds. The summed E-state index contributed by atoms with van der Waals surface area (Å²) in [6.45, 7) is 4.75. The van der Waals surface area contributed by atoms with E-state index in [9.17, 15) is 0 Å². The van der Waals surface area contributed by atoms with Gasteiger partial charge >= 0.3 is 0 Å². The lowest BCUT2D eigenvalue weighted by Gasteiger charge is -2.35. The molecule has 2 aliphatic carbocycles. The molecule has 2 fully saturated rings. The van der Waals surface area contributed by atoms with E-state index in [1.165, 1.54) is 64.2 Å². The Kier molecular flexibility index (Phi) is 5.34. The predicted octanol–water partition coefficient (Wildman–Crippen LogP) is 4.51. The summed E-state index contributed by atoms with van der Waals surface area (Å²) in [5.41, 5.74) is 0. The van der Waals surface area contributed by atoms with Gasteiger partial charge in [-0.1, -0.05) is 39.5 Å². The molecule has 1 N–H and O–H groups in total. The van der Waals surface area contributed by atoms with E-state index >= 15 is 0 Å². The summed E-state index contributed by atoms with van der Waals surface area (Å²) < 4.78 is 0. The highest BCUT2D eigenvalue weighted by atomic mass is 15.0. The van der Waals surface area contributed by atoms with Gasteiger partial charge in [-0.05, 0) is 50.4 Å². The van der Waals surface area contributed by atoms with E-state index in [0.717, 1.165) is 23.9 Å². The van der Waals surface area contributed by atoms with Gasteiger partial charge in [-0.2, -0.15) is 0 Å². The van der Waals surface area contributed by atoms with Crippen molar-refractivity contribution in [2.75, 3.05) is 0 Å². The monoisotopic (exact) mass is 237 g/mol. The summed E-state index contributed by atoms with van der Waals surface area (Å²) in [7, 11) is 0. The van der Waals surface area contributed by atoms with E-state index in [1.807, 2.05) is 0 Å². The Morgan fingerprint density at radius 1 is 0.941 bits per heavy atom. The van der Waals surface area contributed by atoms with Crippen LogP contribution in [-0.4, -0.2) is 12.1 Å². The van der Waals surface area contributed by atoms with Gasteiger partial charge in [0.2, 0.25) is 0 Å². The Hall–Kier alpha value is -0.0400. The fourth-order valence-corrected chi connectivity index (χ4v) is 3.94. The van der Waals surface area contributed by atoms with Crippen molar-refractivity contribution in [3.05, 3.63) is 0 Å². The minimum atomic E-state index is 0.839. The van der Waals surface area contributed by atoms with Crippen molar-refractivity contribution in [2.45, 2.75) is 90.1 Å². The van der Waals surface area contributed by atoms with Crippen LogP contribution in [-0.2, 0) is 0 Å². The van der Waals surface area contributed by atoms with E-state index in [-0.39, 0.29) is 0 Å². The standard InChI is InChI=1S/C16H31N/c1-3-5-14-8-10-15(11-9-14)17-16-7-4-6-13(2)12-16/h13-17H,3-12H2,1-2H3. The Morgan fingerprint density at radius 3 is 2.35 bits per heavy atom. The first-order valence-corrected chi connectivity index (χ1v) is 8.04. The number of nitrogens with one attached hydrogen (secondary N) is 1. The smallest absolute Gasteiger partial charge is 0.00721 e. The van der Waals surface area contributed by atoms with E-state index in [0.29, 0.717) is 0 Å². The lowest BCUT2D eigenvalue weighted by atomic mass is 9.82. The molecule has 2 rings (SSSR count). The highest BCUT2D eigenvalue weighted by Gasteiger charge is 2.25. The lowest BCUT2D eigenvalue weighted by Crippen LogP contribution is -2.42. The fraction of sp³-hybridized carbons (Fsp3) is 1.00. The summed E-state index contributed by atoms with van der Waals surface area (Å²) in [5, 5.41) is 3.95. The second-order valence-corrected chi connectivity index (χ2v) is 6.64.